The maximum absolute atomic E-state index is 12.4. The summed E-state index contributed by atoms with van der Waals surface area (Å²) < 4.78 is 1.05. The SMILES string of the molecule is Cc1ccc(NC(=O)[C@@H](C)n2ncc(-c3ccccc3)nc2=O)cc1Cl. The van der Waals surface area contributed by atoms with Crippen molar-refractivity contribution in [3.05, 3.63) is 75.8 Å². The Balaban J connectivity index is 1.80. The Morgan fingerprint density at radius 3 is 2.58 bits per heavy atom. The van der Waals surface area contributed by atoms with E-state index in [-0.39, 0.29) is 5.91 Å². The Kier molecular flexibility index (Phi) is 5.14. The number of rotatable bonds is 4. The van der Waals surface area contributed by atoms with Crippen molar-refractivity contribution in [2.75, 3.05) is 5.32 Å². The Hall–Kier alpha value is -2.99. The lowest BCUT2D eigenvalue weighted by atomic mass is 10.2. The number of carbonyl (C=O) groups is 1. The van der Waals surface area contributed by atoms with E-state index in [4.69, 9.17) is 11.6 Å². The van der Waals surface area contributed by atoms with Gasteiger partial charge in [-0.1, -0.05) is 48.0 Å². The largest absolute Gasteiger partial charge is 0.365 e. The van der Waals surface area contributed by atoms with Crippen LogP contribution >= 0.6 is 11.6 Å². The summed E-state index contributed by atoms with van der Waals surface area (Å²) in [5.74, 6) is -0.381. The number of aromatic nitrogens is 3. The average molecular weight is 369 g/mol. The van der Waals surface area contributed by atoms with Crippen molar-refractivity contribution < 1.29 is 4.79 Å². The summed E-state index contributed by atoms with van der Waals surface area (Å²) in [6.45, 7) is 3.46. The second-order valence-electron chi connectivity index (χ2n) is 5.86. The number of aryl methyl sites for hydroxylation is 1. The molecule has 1 heterocycles. The van der Waals surface area contributed by atoms with Gasteiger partial charge >= 0.3 is 5.69 Å². The minimum Gasteiger partial charge on any atom is -0.324 e. The van der Waals surface area contributed by atoms with Crippen molar-refractivity contribution in [2.24, 2.45) is 0 Å². The summed E-state index contributed by atoms with van der Waals surface area (Å²) in [6, 6.07) is 13.7. The predicted octanol–water partition coefficient (Wildman–Crippen LogP) is 3.47. The normalized spacial score (nSPS) is 11.8. The van der Waals surface area contributed by atoms with Gasteiger partial charge in [0.15, 0.2) is 0 Å². The predicted molar refractivity (Wildman–Crippen MR) is 101 cm³/mol. The van der Waals surface area contributed by atoms with Crippen LogP contribution in [0.4, 0.5) is 5.69 Å². The van der Waals surface area contributed by atoms with Crippen LogP contribution in [0.1, 0.15) is 18.5 Å². The molecule has 3 rings (SSSR count). The summed E-state index contributed by atoms with van der Waals surface area (Å²) in [7, 11) is 0. The summed E-state index contributed by atoms with van der Waals surface area (Å²) in [5, 5.41) is 7.39. The molecule has 2 aromatic carbocycles. The Morgan fingerprint density at radius 1 is 1.19 bits per heavy atom. The van der Waals surface area contributed by atoms with Crippen molar-refractivity contribution in [1.29, 1.82) is 0 Å². The molecule has 132 valence electrons. The topological polar surface area (TPSA) is 76.9 Å². The molecule has 0 aliphatic rings. The lowest BCUT2D eigenvalue weighted by Crippen LogP contribution is -2.34. The van der Waals surface area contributed by atoms with Crippen molar-refractivity contribution in [3.8, 4) is 11.3 Å². The van der Waals surface area contributed by atoms with Crippen LogP contribution in [0.5, 0.6) is 0 Å². The minimum atomic E-state index is -0.820. The maximum Gasteiger partial charge on any atom is 0.365 e. The molecule has 6 nitrogen and oxygen atoms in total. The standard InChI is InChI=1S/C19H17ClN4O2/c1-12-8-9-15(10-16(12)20)22-18(25)13(2)24-19(26)23-17(11-21-24)14-6-4-3-5-7-14/h3-11,13H,1-2H3,(H,22,25)/t13-/m1/s1. The highest BCUT2D eigenvalue weighted by atomic mass is 35.5. The van der Waals surface area contributed by atoms with Crippen molar-refractivity contribution in [1.82, 2.24) is 14.8 Å². The number of hydrogen-bond acceptors (Lipinski definition) is 4. The van der Waals surface area contributed by atoms with Gasteiger partial charge in [-0.3, -0.25) is 4.79 Å². The third-order valence-electron chi connectivity index (χ3n) is 3.97. The molecule has 0 radical (unpaired) electrons. The Labute approximate surface area is 155 Å². The van der Waals surface area contributed by atoms with Crippen molar-refractivity contribution in [3.63, 3.8) is 0 Å². The molecule has 1 N–H and O–H groups in total. The van der Waals surface area contributed by atoms with Gasteiger partial charge in [0.25, 0.3) is 0 Å². The molecule has 0 spiro atoms. The van der Waals surface area contributed by atoms with Crippen molar-refractivity contribution in [2.45, 2.75) is 19.9 Å². The van der Waals surface area contributed by atoms with Gasteiger partial charge < -0.3 is 5.32 Å². The first kappa shape index (κ1) is 17.8. The third-order valence-corrected chi connectivity index (χ3v) is 4.38. The van der Waals surface area contributed by atoms with Crippen molar-refractivity contribution >= 4 is 23.2 Å². The third kappa shape index (κ3) is 3.81. The molecule has 0 bridgehead atoms. The molecule has 1 atom stereocenters. The van der Waals surface area contributed by atoms with E-state index in [1.807, 2.05) is 43.3 Å². The van der Waals surface area contributed by atoms with E-state index in [2.05, 4.69) is 15.4 Å². The van der Waals surface area contributed by atoms with Crippen LogP contribution in [0, 0.1) is 6.92 Å². The maximum atomic E-state index is 12.4. The number of carbonyl (C=O) groups excluding carboxylic acids is 1. The van der Waals surface area contributed by atoms with Crippen LogP contribution in [0.2, 0.25) is 5.02 Å². The highest BCUT2D eigenvalue weighted by Crippen LogP contribution is 2.20. The molecule has 26 heavy (non-hydrogen) atoms. The van der Waals surface area contributed by atoms with Crippen LogP contribution in [-0.4, -0.2) is 20.7 Å². The van der Waals surface area contributed by atoms with Gasteiger partial charge in [0.05, 0.1) is 11.9 Å². The molecule has 0 aliphatic carbocycles. The fourth-order valence-corrected chi connectivity index (χ4v) is 2.57. The number of amides is 1. The molecule has 3 aromatic rings. The number of benzene rings is 2. The minimum absolute atomic E-state index is 0.381. The summed E-state index contributed by atoms with van der Waals surface area (Å²) in [4.78, 5) is 28.8. The molecule has 0 fully saturated rings. The molecule has 1 amide bonds. The van der Waals surface area contributed by atoms with E-state index in [0.717, 1.165) is 15.8 Å². The first-order valence-electron chi connectivity index (χ1n) is 8.04. The van der Waals surface area contributed by atoms with Crippen LogP contribution in [0.25, 0.3) is 11.3 Å². The number of halogens is 1. The van der Waals surface area contributed by atoms with Gasteiger partial charge in [-0.25, -0.2) is 9.48 Å². The molecule has 1 aromatic heterocycles. The molecule has 0 saturated heterocycles. The first-order chi connectivity index (χ1) is 12.5. The smallest absolute Gasteiger partial charge is 0.324 e. The van der Waals surface area contributed by atoms with E-state index in [0.29, 0.717) is 16.4 Å². The fraction of sp³-hybridized carbons (Fsp3) is 0.158. The van der Waals surface area contributed by atoms with E-state index < -0.39 is 11.7 Å². The second kappa shape index (κ2) is 7.49. The quantitative estimate of drug-likeness (QED) is 0.765. The van der Waals surface area contributed by atoms with Gasteiger partial charge in [-0.15, -0.1) is 0 Å². The number of anilines is 1. The summed E-state index contributed by atoms with van der Waals surface area (Å²) >= 11 is 6.07. The number of hydrogen-bond donors (Lipinski definition) is 1. The van der Waals surface area contributed by atoms with Crippen LogP contribution in [-0.2, 0) is 4.79 Å². The summed E-state index contributed by atoms with van der Waals surface area (Å²) in [5.41, 5.74) is 2.13. The zero-order valence-electron chi connectivity index (χ0n) is 14.3. The van der Waals surface area contributed by atoms with Crippen LogP contribution < -0.4 is 11.0 Å². The van der Waals surface area contributed by atoms with E-state index in [1.165, 1.54) is 6.20 Å². The van der Waals surface area contributed by atoms with Gasteiger partial charge in [0.1, 0.15) is 6.04 Å². The zero-order valence-corrected chi connectivity index (χ0v) is 15.1. The fourth-order valence-electron chi connectivity index (χ4n) is 2.39. The van der Waals surface area contributed by atoms with Gasteiger partial charge in [0.2, 0.25) is 5.91 Å². The van der Waals surface area contributed by atoms with E-state index in [1.54, 1.807) is 19.1 Å². The monoisotopic (exact) mass is 368 g/mol. The summed E-state index contributed by atoms with van der Waals surface area (Å²) in [6.07, 6.45) is 1.48. The zero-order chi connectivity index (χ0) is 18.7. The van der Waals surface area contributed by atoms with Crippen LogP contribution in [0.3, 0.4) is 0 Å². The van der Waals surface area contributed by atoms with Gasteiger partial charge in [-0.2, -0.15) is 10.1 Å². The molecule has 0 saturated carbocycles. The molecular formula is C19H17ClN4O2. The first-order valence-corrected chi connectivity index (χ1v) is 8.42. The van der Waals surface area contributed by atoms with E-state index >= 15 is 0 Å². The van der Waals surface area contributed by atoms with E-state index in [9.17, 15) is 9.59 Å². The average Bonchev–Trinajstić information content (AvgIpc) is 2.65. The molecular weight excluding hydrogens is 352 g/mol. The highest BCUT2D eigenvalue weighted by molar-refractivity contribution is 6.31. The molecule has 0 aliphatic heterocycles. The Morgan fingerprint density at radius 2 is 1.92 bits per heavy atom. The lowest BCUT2D eigenvalue weighted by Gasteiger charge is -2.14. The number of nitrogens with one attached hydrogen (secondary N) is 1. The van der Waals surface area contributed by atoms with Crippen LogP contribution in [0.15, 0.2) is 59.5 Å². The second-order valence-corrected chi connectivity index (χ2v) is 6.27. The highest BCUT2D eigenvalue weighted by Gasteiger charge is 2.19. The van der Waals surface area contributed by atoms with Gasteiger partial charge in [-0.05, 0) is 31.5 Å². The molecule has 0 unspecified atom stereocenters. The van der Waals surface area contributed by atoms with Gasteiger partial charge in [0, 0.05) is 16.3 Å². The number of nitrogens with zero attached hydrogens (tertiary/aromatic N) is 3. The Bertz CT molecular complexity index is 1000. The lowest BCUT2D eigenvalue weighted by molar-refractivity contribution is -0.119. The molecule has 7 heteroatoms.